The number of pyridine rings is 1. The van der Waals surface area contributed by atoms with Gasteiger partial charge in [-0.1, -0.05) is 0 Å². The van der Waals surface area contributed by atoms with Crippen molar-refractivity contribution in [2.75, 3.05) is 4.72 Å². The van der Waals surface area contributed by atoms with Gasteiger partial charge in [0.25, 0.3) is 10.0 Å². The van der Waals surface area contributed by atoms with Crippen LogP contribution < -0.4 is 4.72 Å². The van der Waals surface area contributed by atoms with Gasteiger partial charge in [-0.15, -0.1) is 11.3 Å². The van der Waals surface area contributed by atoms with Crippen molar-refractivity contribution >= 4 is 65.7 Å². The van der Waals surface area contributed by atoms with Crippen molar-refractivity contribution in [2.24, 2.45) is 0 Å². The zero-order chi connectivity index (χ0) is 12.5. The Morgan fingerprint density at radius 2 is 2.06 bits per heavy atom. The summed E-state index contributed by atoms with van der Waals surface area (Å²) in [5.74, 6) is 0.315. The molecule has 0 aromatic carbocycles. The molecule has 0 saturated heterocycles. The number of aromatic nitrogens is 1. The first-order chi connectivity index (χ1) is 7.97. The molecule has 0 fully saturated rings. The topological polar surface area (TPSA) is 59.1 Å². The van der Waals surface area contributed by atoms with Crippen LogP contribution in [0.2, 0.25) is 0 Å². The molecule has 2 rings (SSSR count). The van der Waals surface area contributed by atoms with Crippen LogP contribution in [0.4, 0.5) is 5.82 Å². The molecule has 8 heteroatoms. The molecule has 17 heavy (non-hydrogen) atoms. The standard InChI is InChI=1S/C9H6BrIN2O2S2/c10-7-2-4-9(16-7)17(14,15)13-8-3-1-6(11)5-12-8/h1-5H,(H,12,13). The number of hydrogen-bond acceptors (Lipinski definition) is 4. The number of nitrogens with zero attached hydrogens (tertiary/aromatic N) is 1. The molecule has 0 unspecified atom stereocenters. The summed E-state index contributed by atoms with van der Waals surface area (Å²) in [7, 11) is -3.53. The Balaban J connectivity index is 2.26. The summed E-state index contributed by atoms with van der Waals surface area (Å²) < 4.78 is 28.3. The summed E-state index contributed by atoms with van der Waals surface area (Å²) in [5.41, 5.74) is 0. The van der Waals surface area contributed by atoms with Gasteiger partial charge in [0.2, 0.25) is 0 Å². The lowest BCUT2D eigenvalue weighted by Gasteiger charge is -2.04. The van der Waals surface area contributed by atoms with Crippen LogP contribution >= 0.6 is 49.9 Å². The fourth-order valence-corrected chi connectivity index (χ4v) is 4.40. The number of nitrogens with one attached hydrogen (secondary N) is 1. The molecule has 1 N–H and O–H groups in total. The molecular weight excluding hydrogens is 439 g/mol. The molecule has 0 spiro atoms. The number of rotatable bonds is 3. The molecule has 0 aliphatic carbocycles. The van der Waals surface area contributed by atoms with Gasteiger partial charge in [-0.3, -0.25) is 4.72 Å². The Kier molecular flexibility index (Phi) is 4.06. The molecule has 0 aliphatic rings. The first-order valence-corrected chi connectivity index (χ1v) is 8.54. The summed E-state index contributed by atoms with van der Waals surface area (Å²) in [6, 6.07) is 6.65. The lowest BCUT2D eigenvalue weighted by molar-refractivity contribution is 0.603. The minimum absolute atomic E-state index is 0.254. The van der Waals surface area contributed by atoms with Crippen molar-refractivity contribution in [3.63, 3.8) is 0 Å². The van der Waals surface area contributed by atoms with E-state index in [0.717, 1.165) is 18.7 Å². The summed E-state index contributed by atoms with van der Waals surface area (Å²) in [6.45, 7) is 0. The van der Waals surface area contributed by atoms with E-state index in [0.29, 0.717) is 5.82 Å². The second kappa shape index (κ2) is 5.21. The van der Waals surface area contributed by atoms with Crippen molar-refractivity contribution < 1.29 is 8.42 Å². The molecule has 2 aromatic heterocycles. The van der Waals surface area contributed by atoms with E-state index < -0.39 is 10.0 Å². The average molecular weight is 445 g/mol. The van der Waals surface area contributed by atoms with Crippen LogP contribution in [0.5, 0.6) is 0 Å². The van der Waals surface area contributed by atoms with E-state index in [1.807, 2.05) is 0 Å². The highest BCUT2D eigenvalue weighted by Gasteiger charge is 2.16. The maximum atomic E-state index is 11.9. The molecule has 0 saturated carbocycles. The van der Waals surface area contributed by atoms with Gasteiger partial charge in [0.1, 0.15) is 10.0 Å². The number of halogens is 2. The third kappa shape index (κ3) is 3.39. The molecule has 0 radical (unpaired) electrons. The summed E-state index contributed by atoms with van der Waals surface area (Å²) >= 11 is 6.49. The van der Waals surface area contributed by atoms with E-state index in [9.17, 15) is 8.42 Å². The minimum Gasteiger partial charge on any atom is -0.263 e. The van der Waals surface area contributed by atoms with Gasteiger partial charge in [0.05, 0.1) is 3.79 Å². The predicted molar refractivity (Wildman–Crippen MR) is 79.8 cm³/mol. The van der Waals surface area contributed by atoms with Crippen molar-refractivity contribution in [1.82, 2.24) is 4.98 Å². The lowest BCUT2D eigenvalue weighted by atomic mass is 10.5. The van der Waals surface area contributed by atoms with Gasteiger partial charge in [-0.2, -0.15) is 0 Å². The average Bonchev–Trinajstić information content (AvgIpc) is 2.69. The first-order valence-electron chi connectivity index (χ1n) is 4.37. The zero-order valence-corrected chi connectivity index (χ0v) is 13.6. The molecular formula is C9H6BrIN2O2S2. The third-order valence-corrected chi connectivity index (χ3v) is 5.89. The smallest absolute Gasteiger partial charge is 0.263 e. The first kappa shape index (κ1) is 13.2. The third-order valence-electron chi connectivity index (χ3n) is 1.78. The molecule has 0 bridgehead atoms. The number of anilines is 1. The molecule has 2 aromatic rings. The van der Waals surface area contributed by atoms with E-state index in [4.69, 9.17) is 0 Å². The van der Waals surface area contributed by atoms with Crippen LogP contribution in [-0.4, -0.2) is 13.4 Å². The second-order valence-electron chi connectivity index (χ2n) is 3.03. The van der Waals surface area contributed by atoms with Crippen molar-refractivity contribution in [1.29, 1.82) is 0 Å². The van der Waals surface area contributed by atoms with E-state index in [-0.39, 0.29) is 4.21 Å². The van der Waals surface area contributed by atoms with Crippen LogP contribution in [0, 0.1) is 3.57 Å². The Bertz CT molecular complexity index is 625. The number of sulfonamides is 1. The maximum absolute atomic E-state index is 11.9. The van der Waals surface area contributed by atoms with E-state index in [1.165, 1.54) is 0 Å². The molecule has 0 aliphatic heterocycles. The molecule has 4 nitrogen and oxygen atoms in total. The quantitative estimate of drug-likeness (QED) is 0.739. The maximum Gasteiger partial charge on any atom is 0.272 e. The summed E-state index contributed by atoms with van der Waals surface area (Å²) in [6.07, 6.45) is 1.60. The number of thiophene rings is 1. The van der Waals surface area contributed by atoms with E-state index in [1.54, 1.807) is 30.5 Å². The molecule has 0 amide bonds. The SMILES string of the molecule is O=S(=O)(Nc1ccc(I)cn1)c1ccc(Br)s1. The van der Waals surface area contributed by atoms with E-state index in [2.05, 4.69) is 48.2 Å². The van der Waals surface area contributed by atoms with Crippen molar-refractivity contribution in [3.05, 3.63) is 37.8 Å². The van der Waals surface area contributed by atoms with E-state index >= 15 is 0 Å². The molecule has 2 heterocycles. The Hall–Kier alpha value is -0.190. The van der Waals surface area contributed by atoms with Gasteiger partial charge in [0.15, 0.2) is 0 Å². The van der Waals surface area contributed by atoms with Gasteiger partial charge in [-0.25, -0.2) is 13.4 Å². The predicted octanol–water partition coefficient (Wildman–Crippen LogP) is 3.31. The molecule has 90 valence electrons. The van der Waals surface area contributed by atoms with Gasteiger partial charge < -0.3 is 0 Å². The van der Waals surface area contributed by atoms with Gasteiger partial charge >= 0.3 is 0 Å². The van der Waals surface area contributed by atoms with Crippen molar-refractivity contribution in [2.45, 2.75) is 4.21 Å². The fourth-order valence-electron chi connectivity index (χ4n) is 1.07. The highest BCUT2D eigenvalue weighted by atomic mass is 127. The largest absolute Gasteiger partial charge is 0.272 e. The normalized spacial score (nSPS) is 11.4. The number of hydrogen-bond donors (Lipinski definition) is 1. The summed E-state index contributed by atoms with van der Waals surface area (Å²) in [5, 5.41) is 0. The fraction of sp³-hybridized carbons (Fsp3) is 0. The van der Waals surface area contributed by atoms with Gasteiger partial charge in [0, 0.05) is 9.77 Å². The van der Waals surface area contributed by atoms with Crippen LogP contribution in [0.15, 0.2) is 38.5 Å². The highest BCUT2D eigenvalue weighted by Crippen LogP contribution is 2.27. The Labute approximate surface area is 125 Å². The second-order valence-corrected chi connectivity index (χ2v) is 8.64. The zero-order valence-electron chi connectivity index (χ0n) is 8.22. The molecule has 0 atom stereocenters. The van der Waals surface area contributed by atoms with Gasteiger partial charge in [-0.05, 0) is 62.8 Å². The van der Waals surface area contributed by atoms with Crippen LogP contribution in [0.3, 0.4) is 0 Å². The van der Waals surface area contributed by atoms with Crippen LogP contribution in [0.25, 0.3) is 0 Å². The highest BCUT2D eigenvalue weighted by molar-refractivity contribution is 14.1. The minimum atomic E-state index is -3.53. The Morgan fingerprint density at radius 1 is 1.29 bits per heavy atom. The summed E-state index contributed by atoms with van der Waals surface area (Å²) in [4.78, 5) is 3.99. The lowest BCUT2D eigenvalue weighted by Crippen LogP contribution is -2.12. The van der Waals surface area contributed by atoms with Crippen LogP contribution in [0.1, 0.15) is 0 Å². The monoisotopic (exact) mass is 444 g/mol. The van der Waals surface area contributed by atoms with Crippen molar-refractivity contribution in [3.8, 4) is 0 Å². The van der Waals surface area contributed by atoms with Crippen LogP contribution in [-0.2, 0) is 10.0 Å². The Morgan fingerprint density at radius 3 is 2.59 bits per heavy atom.